The highest BCUT2D eigenvalue weighted by atomic mass is 14.6. The van der Waals surface area contributed by atoms with Crippen molar-refractivity contribution in [3.05, 3.63) is 0 Å². The average molecular weight is 293 g/mol. The van der Waals surface area contributed by atoms with E-state index in [1.54, 1.807) is 0 Å². The van der Waals surface area contributed by atoms with E-state index in [1.807, 2.05) is 13.8 Å². The summed E-state index contributed by atoms with van der Waals surface area (Å²) in [6.45, 7) is 16.9. The SMILES string of the molecule is CC.CC12CCCCC1CCC1C2CCC(C)(C)C1(C)C. The fourth-order valence-corrected chi connectivity index (χ4v) is 6.17. The first-order valence-corrected chi connectivity index (χ1v) is 9.79. The van der Waals surface area contributed by atoms with Crippen LogP contribution in [0, 0.1) is 34.0 Å². The van der Waals surface area contributed by atoms with Gasteiger partial charge in [0.15, 0.2) is 0 Å². The van der Waals surface area contributed by atoms with E-state index in [-0.39, 0.29) is 0 Å². The van der Waals surface area contributed by atoms with Crippen LogP contribution in [0.2, 0.25) is 0 Å². The van der Waals surface area contributed by atoms with Crippen molar-refractivity contribution in [2.75, 3.05) is 0 Å². The molecule has 0 aromatic heterocycles. The van der Waals surface area contributed by atoms with Gasteiger partial charge < -0.3 is 0 Å². The quantitative estimate of drug-likeness (QED) is 0.447. The molecule has 0 aromatic carbocycles. The van der Waals surface area contributed by atoms with Crippen molar-refractivity contribution in [1.29, 1.82) is 0 Å². The lowest BCUT2D eigenvalue weighted by Gasteiger charge is -2.64. The number of fused-ring (bicyclic) bond motifs is 3. The molecule has 3 fully saturated rings. The molecule has 0 radical (unpaired) electrons. The molecule has 3 saturated carbocycles. The molecule has 0 heterocycles. The Hall–Kier alpha value is 0. The highest BCUT2D eigenvalue weighted by Gasteiger charge is 2.57. The maximum absolute atomic E-state index is 2.67. The molecular weight excluding hydrogens is 252 g/mol. The third-order valence-electron chi connectivity index (χ3n) is 8.36. The highest BCUT2D eigenvalue weighted by Crippen LogP contribution is 2.66. The van der Waals surface area contributed by atoms with Crippen LogP contribution in [0.5, 0.6) is 0 Å². The standard InChI is InChI=1S/C19H34.C2H6/c1-17(2)13-11-16-15(18(17,3)4)10-9-14-8-6-7-12-19(14,16)5;1-2/h14-16H,6-13H2,1-5H3;1-2H3. The monoisotopic (exact) mass is 292 g/mol. The van der Waals surface area contributed by atoms with Gasteiger partial charge in [0, 0.05) is 0 Å². The number of hydrogen-bond donors (Lipinski definition) is 0. The topological polar surface area (TPSA) is 0 Å². The summed E-state index contributed by atoms with van der Waals surface area (Å²) in [5.41, 5.74) is 1.75. The molecule has 3 aliphatic carbocycles. The molecule has 0 aromatic rings. The van der Waals surface area contributed by atoms with Crippen molar-refractivity contribution < 1.29 is 0 Å². The van der Waals surface area contributed by atoms with Gasteiger partial charge in [-0.05, 0) is 72.5 Å². The van der Waals surface area contributed by atoms with E-state index in [2.05, 4.69) is 34.6 Å². The van der Waals surface area contributed by atoms with Gasteiger partial charge in [0.1, 0.15) is 0 Å². The van der Waals surface area contributed by atoms with E-state index >= 15 is 0 Å². The van der Waals surface area contributed by atoms with E-state index < -0.39 is 0 Å². The van der Waals surface area contributed by atoms with Gasteiger partial charge in [-0.2, -0.15) is 0 Å². The van der Waals surface area contributed by atoms with Gasteiger partial charge in [-0.1, -0.05) is 61.3 Å². The fourth-order valence-electron chi connectivity index (χ4n) is 6.17. The number of hydrogen-bond acceptors (Lipinski definition) is 0. The van der Waals surface area contributed by atoms with Crippen molar-refractivity contribution >= 4 is 0 Å². The van der Waals surface area contributed by atoms with Gasteiger partial charge >= 0.3 is 0 Å². The van der Waals surface area contributed by atoms with Crippen molar-refractivity contribution in [3.8, 4) is 0 Å². The zero-order valence-electron chi connectivity index (χ0n) is 15.9. The number of rotatable bonds is 0. The molecule has 0 N–H and O–H groups in total. The smallest absolute Gasteiger partial charge is 0.0266 e. The Kier molecular flexibility index (Phi) is 4.87. The van der Waals surface area contributed by atoms with Crippen LogP contribution >= 0.6 is 0 Å². The molecule has 0 spiro atoms. The third-order valence-corrected chi connectivity index (χ3v) is 8.36. The fraction of sp³-hybridized carbons (Fsp3) is 1.00. The van der Waals surface area contributed by atoms with Crippen molar-refractivity contribution in [3.63, 3.8) is 0 Å². The normalized spacial score (nSPS) is 43.9. The van der Waals surface area contributed by atoms with Gasteiger partial charge in [0.05, 0.1) is 0 Å². The molecule has 3 aliphatic rings. The van der Waals surface area contributed by atoms with Crippen LogP contribution in [0.1, 0.15) is 99.8 Å². The molecule has 0 heteroatoms. The van der Waals surface area contributed by atoms with Crippen molar-refractivity contribution in [2.45, 2.75) is 99.8 Å². The van der Waals surface area contributed by atoms with Gasteiger partial charge in [-0.3, -0.25) is 0 Å². The second kappa shape index (κ2) is 5.89. The molecule has 4 unspecified atom stereocenters. The van der Waals surface area contributed by atoms with E-state index in [4.69, 9.17) is 0 Å². The second-order valence-electron chi connectivity index (χ2n) is 9.38. The summed E-state index contributed by atoms with van der Waals surface area (Å²) in [6.07, 6.45) is 12.1. The molecular formula is C21H40. The molecule has 21 heavy (non-hydrogen) atoms. The minimum Gasteiger partial charge on any atom is -0.0683 e. The molecule has 3 rings (SSSR count). The Bertz CT molecular complexity index is 351. The third kappa shape index (κ3) is 2.59. The lowest BCUT2D eigenvalue weighted by atomic mass is 9.41. The first kappa shape index (κ1) is 17.4. The summed E-state index contributed by atoms with van der Waals surface area (Å²) in [7, 11) is 0. The molecule has 0 saturated heterocycles. The van der Waals surface area contributed by atoms with Crippen molar-refractivity contribution in [2.24, 2.45) is 34.0 Å². The van der Waals surface area contributed by atoms with Crippen LogP contribution in [0.25, 0.3) is 0 Å². The highest BCUT2D eigenvalue weighted by molar-refractivity contribution is 5.07. The van der Waals surface area contributed by atoms with Crippen LogP contribution in [0.4, 0.5) is 0 Å². The summed E-state index contributed by atoms with van der Waals surface area (Å²) < 4.78 is 0. The van der Waals surface area contributed by atoms with Crippen LogP contribution in [-0.2, 0) is 0 Å². The summed E-state index contributed by atoms with van der Waals surface area (Å²) >= 11 is 0. The zero-order valence-corrected chi connectivity index (χ0v) is 15.9. The minimum atomic E-state index is 0.529. The average Bonchev–Trinajstić information content (AvgIpc) is 2.44. The van der Waals surface area contributed by atoms with E-state index in [0.29, 0.717) is 16.2 Å². The van der Waals surface area contributed by atoms with Gasteiger partial charge in [0.2, 0.25) is 0 Å². The molecule has 0 bridgehead atoms. The Morgan fingerprint density at radius 1 is 0.667 bits per heavy atom. The molecule has 0 aliphatic heterocycles. The Morgan fingerprint density at radius 2 is 1.33 bits per heavy atom. The maximum Gasteiger partial charge on any atom is -0.0266 e. The van der Waals surface area contributed by atoms with E-state index in [0.717, 1.165) is 17.8 Å². The molecule has 124 valence electrons. The second-order valence-corrected chi connectivity index (χ2v) is 9.38. The van der Waals surface area contributed by atoms with Crippen LogP contribution in [0.3, 0.4) is 0 Å². The molecule has 0 nitrogen and oxygen atoms in total. The lowest BCUT2D eigenvalue weighted by Crippen LogP contribution is -2.55. The van der Waals surface area contributed by atoms with Gasteiger partial charge in [-0.25, -0.2) is 0 Å². The first-order chi connectivity index (χ1) is 9.79. The van der Waals surface area contributed by atoms with Crippen molar-refractivity contribution in [1.82, 2.24) is 0 Å². The minimum absolute atomic E-state index is 0.529. The maximum atomic E-state index is 2.67. The Morgan fingerprint density at radius 3 is 2.00 bits per heavy atom. The Balaban J connectivity index is 0.000000774. The van der Waals surface area contributed by atoms with Crippen LogP contribution < -0.4 is 0 Å². The Labute approximate surface area is 134 Å². The lowest BCUT2D eigenvalue weighted by molar-refractivity contribution is -0.143. The van der Waals surface area contributed by atoms with Crippen LogP contribution in [0.15, 0.2) is 0 Å². The largest absolute Gasteiger partial charge is 0.0683 e. The summed E-state index contributed by atoms with van der Waals surface area (Å²) in [4.78, 5) is 0. The summed E-state index contributed by atoms with van der Waals surface area (Å²) in [5, 5.41) is 0. The summed E-state index contributed by atoms with van der Waals surface area (Å²) in [6, 6.07) is 0. The van der Waals surface area contributed by atoms with Crippen LogP contribution in [-0.4, -0.2) is 0 Å². The predicted molar refractivity (Wildman–Crippen MR) is 94.4 cm³/mol. The predicted octanol–water partition coefficient (Wildman–Crippen LogP) is 7.08. The zero-order chi connectivity index (χ0) is 15.9. The van der Waals surface area contributed by atoms with E-state index in [1.165, 1.54) is 51.4 Å². The van der Waals surface area contributed by atoms with Gasteiger partial charge in [-0.15, -0.1) is 0 Å². The summed E-state index contributed by atoms with van der Waals surface area (Å²) in [5.74, 6) is 3.06. The van der Waals surface area contributed by atoms with Gasteiger partial charge in [0.25, 0.3) is 0 Å². The van der Waals surface area contributed by atoms with E-state index in [9.17, 15) is 0 Å². The molecule has 4 atom stereocenters. The first-order valence-electron chi connectivity index (χ1n) is 9.79. The molecule has 0 amide bonds.